The monoisotopic (exact) mass is 209 g/mol. The van der Waals surface area contributed by atoms with Crippen LogP contribution in [-0.4, -0.2) is 12.2 Å². The number of hydrogen-bond acceptors (Lipinski definition) is 2. The van der Waals surface area contributed by atoms with E-state index in [9.17, 15) is 22.4 Å². The van der Waals surface area contributed by atoms with E-state index in [2.05, 4.69) is 4.42 Å². The summed E-state index contributed by atoms with van der Waals surface area (Å²) in [4.78, 5) is 10.1. The number of furan rings is 1. The molecule has 1 heterocycles. The Morgan fingerprint density at radius 1 is 1.36 bits per heavy atom. The Hall–Kier alpha value is -1.33. The third-order valence-corrected chi connectivity index (χ3v) is 1.65. The molecular weight excluding hydrogens is 204 g/mol. The molecule has 0 N–H and O–H groups in total. The molecule has 0 saturated carbocycles. The lowest BCUT2D eigenvalue weighted by atomic mass is 10.0. The van der Waals surface area contributed by atoms with E-state index >= 15 is 0 Å². The van der Waals surface area contributed by atoms with Crippen LogP contribution in [0.4, 0.5) is 17.6 Å². The average molecular weight is 209 g/mol. The number of halogens is 4. The number of hydrogen-bond donors (Lipinski definition) is 0. The summed E-state index contributed by atoms with van der Waals surface area (Å²) in [5.41, 5.74) is -1.15. The summed E-state index contributed by atoms with van der Waals surface area (Å²) in [7, 11) is 0. The van der Waals surface area contributed by atoms with Crippen molar-refractivity contribution in [2.24, 2.45) is 0 Å². The second-order valence-electron chi connectivity index (χ2n) is 2.73. The van der Waals surface area contributed by atoms with E-state index in [1.165, 1.54) is 0 Å². The maximum atomic E-state index is 13.0. The lowest BCUT2D eigenvalue weighted by molar-refractivity contribution is -0.205. The van der Waals surface area contributed by atoms with Gasteiger partial charge in [0.15, 0.2) is 5.76 Å². The molecule has 77 valence electrons. The van der Waals surface area contributed by atoms with Gasteiger partial charge in [0.2, 0.25) is 0 Å². The fraction of sp³-hybridized carbons (Fsp3) is 0.375. The van der Waals surface area contributed by atoms with Gasteiger partial charge in [0, 0.05) is 6.92 Å². The van der Waals surface area contributed by atoms with Gasteiger partial charge in [0.05, 0.1) is 11.8 Å². The first-order chi connectivity index (χ1) is 6.30. The highest BCUT2D eigenvalue weighted by molar-refractivity contribution is 5.74. The molecule has 0 unspecified atom stereocenters. The van der Waals surface area contributed by atoms with Crippen molar-refractivity contribution in [1.29, 1.82) is 0 Å². The van der Waals surface area contributed by atoms with Crippen molar-refractivity contribution in [3.8, 4) is 0 Å². The fourth-order valence-electron chi connectivity index (χ4n) is 0.872. The van der Waals surface area contributed by atoms with Crippen molar-refractivity contribution in [2.45, 2.75) is 18.8 Å². The SMILES string of the molecule is CC(F)(F)C(F)(F)c1ccoc1[C]=O. The second-order valence-corrected chi connectivity index (χ2v) is 2.73. The number of carbonyl (C=O) groups excluding carboxylic acids is 1. The molecule has 1 rings (SSSR count). The highest BCUT2D eigenvalue weighted by atomic mass is 19.3. The maximum absolute atomic E-state index is 13.0. The predicted octanol–water partition coefficient (Wildman–Crippen LogP) is 2.48. The minimum atomic E-state index is -4.44. The molecule has 6 heteroatoms. The Morgan fingerprint density at radius 3 is 2.36 bits per heavy atom. The molecular formula is C8H5F4O2. The van der Waals surface area contributed by atoms with Crippen molar-refractivity contribution in [3.63, 3.8) is 0 Å². The number of alkyl halides is 4. The minimum absolute atomic E-state index is 0.0641. The van der Waals surface area contributed by atoms with Crippen LogP contribution in [0.15, 0.2) is 16.7 Å². The molecule has 2 nitrogen and oxygen atoms in total. The molecule has 0 aliphatic rings. The summed E-state index contributed by atoms with van der Waals surface area (Å²) >= 11 is 0. The van der Waals surface area contributed by atoms with E-state index in [1.54, 1.807) is 0 Å². The topological polar surface area (TPSA) is 30.2 Å². The van der Waals surface area contributed by atoms with Crippen LogP contribution in [0.3, 0.4) is 0 Å². The first-order valence-electron chi connectivity index (χ1n) is 3.52. The van der Waals surface area contributed by atoms with Crippen molar-refractivity contribution in [2.75, 3.05) is 0 Å². The largest absolute Gasteiger partial charge is 0.460 e. The molecule has 0 fully saturated rings. The summed E-state index contributed by atoms with van der Waals surface area (Å²) in [5.74, 6) is -9.61. The zero-order chi connectivity index (χ0) is 11.0. The fourth-order valence-corrected chi connectivity index (χ4v) is 0.872. The van der Waals surface area contributed by atoms with Crippen LogP contribution in [0.1, 0.15) is 18.2 Å². The maximum Gasteiger partial charge on any atom is 0.338 e. The second kappa shape index (κ2) is 3.11. The van der Waals surface area contributed by atoms with Gasteiger partial charge < -0.3 is 4.42 Å². The van der Waals surface area contributed by atoms with E-state index in [4.69, 9.17) is 0 Å². The lowest BCUT2D eigenvalue weighted by Crippen LogP contribution is -2.35. The van der Waals surface area contributed by atoms with Crippen molar-refractivity contribution in [1.82, 2.24) is 0 Å². The molecule has 0 amide bonds. The lowest BCUT2D eigenvalue weighted by Gasteiger charge is -2.21. The van der Waals surface area contributed by atoms with E-state index < -0.39 is 23.2 Å². The third-order valence-electron chi connectivity index (χ3n) is 1.65. The third kappa shape index (κ3) is 1.51. The van der Waals surface area contributed by atoms with Crippen LogP contribution < -0.4 is 0 Å². The smallest absolute Gasteiger partial charge is 0.338 e. The van der Waals surface area contributed by atoms with Crippen LogP contribution in [0.5, 0.6) is 0 Å². The Kier molecular flexibility index (Phi) is 2.39. The summed E-state index contributed by atoms with van der Waals surface area (Å²) in [6.07, 6.45) is 1.76. The van der Waals surface area contributed by atoms with Crippen LogP contribution >= 0.6 is 0 Å². The van der Waals surface area contributed by atoms with Crippen LogP contribution in [0.2, 0.25) is 0 Å². The minimum Gasteiger partial charge on any atom is -0.460 e. The Morgan fingerprint density at radius 2 is 1.93 bits per heavy atom. The molecule has 0 bridgehead atoms. The molecule has 0 atom stereocenters. The summed E-state index contributed by atoms with van der Waals surface area (Å²) in [5, 5.41) is 0. The summed E-state index contributed by atoms with van der Waals surface area (Å²) < 4.78 is 55.1. The molecule has 0 aromatic carbocycles. The number of rotatable bonds is 3. The van der Waals surface area contributed by atoms with Gasteiger partial charge in [-0.25, -0.2) is 0 Å². The molecule has 14 heavy (non-hydrogen) atoms. The quantitative estimate of drug-likeness (QED) is 0.716. The van der Waals surface area contributed by atoms with Crippen molar-refractivity contribution in [3.05, 3.63) is 23.7 Å². The summed E-state index contributed by atoms with van der Waals surface area (Å²) in [6.45, 7) is 0.0641. The predicted molar refractivity (Wildman–Crippen MR) is 38.0 cm³/mol. The normalized spacial score (nSPS) is 12.9. The van der Waals surface area contributed by atoms with Gasteiger partial charge in [-0.2, -0.15) is 17.6 Å². The molecule has 0 spiro atoms. The van der Waals surface area contributed by atoms with E-state index in [0.29, 0.717) is 6.07 Å². The molecule has 0 aliphatic heterocycles. The van der Waals surface area contributed by atoms with Gasteiger partial charge in [-0.3, -0.25) is 4.79 Å². The van der Waals surface area contributed by atoms with Gasteiger partial charge in [-0.15, -0.1) is 0 Å². The summed E-state index contributed by atoms with van der Waals surface area (Å²) in [6, 6.07) is 0.623. The Bertz CT molecular complexity index is 337. The highest BCUT2D eigenvalue weighted by Gasteiger charge is 2.55. The van der Waals surface area contributed by atoms with Gasteiger partial charge in [-0.05, 0) is 6.07 Å². The zero-order valence-electron chi connectivity index (χ0n) is 6.98. The van der Waals surface area contributed by atoms with E-state index in [0.717, 1.165) is 12.5 Å². The van der Waals surface area contributed by atoms with Crippen LogP contribution in [-0.2, 0) is 10.7 Å². The van der Waals surface area contributed by atoms with Crippen molar-refractivity contribution < 1.29 is 26.8 Å². The Labute approximate surface area is 76.5 Å². The van der Waals surface area contributed by atoms with Gasteiger partial charge >= 0.3 is 11.8 Å². The van der Waals surface area contributed by atoms with Gasteiger partial charge in [-0.1, -0.05) is 0 Å². The van der Waals surface area contributed by atoms with Gasteiger partial charge in [0.1, 0.15) is 0 Å². The van der Waals surface area contributed by atoms with E-state index in [1.807, 2.05) is 0 Å². The van der Waals surface area contributed by atoms with Crippen LogP contribution in [0.25, 0.3) is 0 Å². The molecule has 1 radical (unpaired) electrons. The first kappa shape index (κ1) is 10.7. The standard InChI is InChI=1S/C8H5F4O2/c1-7(9,10)8(11,12)5-2-3-14-6(5)4-13/h2-3H,1H3. The average Bonchev–Trinajstić information content (AvgIpc) is 2.49. The first-order valence-corrected chi connectivity index (χ1v) is 3.52. The molecule has 0 aliphatic carbocycles. The van der Waals surface area contributed by atoms with Crippen molar-refractivity contribution >= 4 is 6.29 Å². The van der Waals surface area contributed by atoms with E-state index in [-0.39, 0.29) is 6.92 Å². The molecule has 1 aromatic heterocycles. The van der Waals surface area contributed by atoms with Gasteiger partial charge in [0.25, 0.3) is 6.29 Å². The zero-order valence-corrected chi connectivity index (χ0v) is 6.98. The van der Waals surface area contributed by atoms with Crippen LogP contribution in [0, 0.1) is 0 Å². The molecule has 0 saturated heterocycles. The Balaban J connectivity index is 3.22. The molecule has 1 aromatic rings. The highest BCUT2D eigenvalue weighted by Crippen LogP contribution is 2.43.